The molecule has 3 aromatic rings. The predicted octanol–water partition coefficient (Wildman–Crippen LogP) is 3.44. The Morgan fingerprint density at radius 2 is 1.82 bits per heavy atom. The molecule has 0 fully saturated rings. The van der Waals surface area contributed by atoms with Crippen molar-refractivity contribution in [1.82, 2.24) is 15.1 Å². The summed E-state index contributed by atoms with van der Waals surface area (Å²) in [6, 6.07) is 12.1. The van der Waals surface area contributed by atoms with Crippen molar-refractivity contribution in [2.75, 3.05) is 25.6 Å². The van der Waals surface area contributed by atoms with E-state index in [0.29, 0.717) is 45.8 Å². The topological polar surface area (TPSA) is 111 Å². The van der Waals surface area contributed by atoms with E-state index in [2.05, 4.69) is 15.5 Å². The highest BCUT2D eigenvalue weighted by atomic mass is 32.1. The van der Waals surface area contributed by atoms with Gasteiger partial charge in [0.1, 0.15) is 5.01 Å². The minimum absolute atomic E-state index is 0.189. The third kappa shape index (κ3) is 4.96. The van der Waals surface area contributed by atoms with Crippen LogP contribution >= 0.6 is 11.3 Å². The molecule has 2 aromatic carbocycles. The zero-order chi connectivity index (χ0) is 24.1. The number of aromatic nitrogens is 2. The Kier molecular flexibility index (Phi) is 6.98. The second-order valence-electron chi connectivity index (χ2n) is 7.22. The number of hydrogen-bond donors (Lipinski definition) is 1. The normalized spacial score (nSPS) is 12.8. The summed E-state index contributed by atoms with van der Waals surface area (Å²) in [4.78, 5) is 38.4. The lowest BCUT2D eigenvalue weighted by atomic mass is 10.1. The highest BCUT2D eigenvalue weighted by molar-refractivity contribution is 7.15. The van der Waals surface area contributed by atoms with Crippen LogP contribution in [0.3, 0.4) is 0 Å². The summed E-state index contributed by atoms with van der Waals surface area (Å²) in [5.41, 5.74) is 1.60. The minimum atomic E-state index is -0.365. The first-order valence-electron chi connectivity index (χ1n) is 10.6. The molecule has 0 saturated carbocycles. The molecule has 0 atom stereocenters. The lowest BCUT2D eigenvalue weighted by Crippen LogP contribution is -2.31. The largest absolute Gasteiger partial charge is 0.493 e. The number of carbonyl (C=O) groups excluding carboxylic acids is 3. The van der Waals surface area contributed by atoms with Crippen LogP contribution in [-0.2, 0) is 11.2 Å². The summed E-state index contributed by atoms with van der Waals surface area (Å²) >= 11 is 1.19. The summed E-state index contributed by atoms with van der Waals surface area (Å²) < 4.78 is 10.8. The van der Waals surface area contributed by atoms with Gasteiger partial charge in [-0.1, -0.05) is 29.5 Å². The summed E-state index contributed by atoms with van der Waals surface area (Å²) in [7, 11) is 1.56. The minimum Gasteiger partial charge on any atom is -0.493 e. The number of anilines is 1. The van der Waals surface area contributed by atoms with E-state index in [9.17, 15) is 14.4 Å². The number of nitrogens with one attached hydrogen (secondary N) is 1. The lowest BCUT2D eigenvalue weighted by molar-refractivity contribution is -0.111. The van der Waals surface area contributed by atoms with E-state index < -0.39 is 0 Å². The van der Waals surface area contributed by atoms with Crippen molar-refractivity contribution in [3.05, 3.63) is 70.2 Å². The van der Waals surface area contributed by atoms with Crippen molar-refractivity contribution in [2.24, 2.45) is 0 Å². The van der Waals surface area contributed by atoms with E-state index >= 15 is 0 Å². The smallest absolute Gasteiger partial charge is 0.261 e. The first kappa shape index (κ1) is 23.1. The molecule has 34 heavy (non-hydrogen) atoms. The molecule has 0 saturated heterocycles. The molecule has 0 aliphatic carbocycles. The van der Waals surface area contributed by atoms with Crippen molar-refractivity contribution in [3.63, 3.8) is 0 Å². The predicted molar refractivity (Wildman–Crippen MR) is 127 cm³/mol. The van der Waals surface area contributed by atoms with E-state index in [4.69, 9.17) is 9.47 Å². The Hall–Kier alpha value is -4.05. The SMILES string of the molecule is CCOc1ccc(/C=C/C(=O)Nc2nnc(CCN3C(=O)c4ccccc4C3=O)s2)cc1OC. The first-order chi connectivity index (χ1) is 16.5. The third-order valence-corrected chi connectivity index (χ3v) is 5.94. The quantitative estimate of drug-likeness (QED) is 0.370. The van der Waals surface area contributed by atoms with Crippen LogP contribution in [-0.4, -0.2) is 53.1 Å². The molecule has 9 nitrogen and oxygen atoms in total. The van der Waals surface area contributed by atoms with Crippen LogP contribution < -0.4 is 14.8 Å². The lowest BCUT2D eigenvalue weighted by Gasteiger charge is -2.11. The maximum Gasteiger partial charge on any atom is 0.261 e. The van der Waals surface area contributed by atoms with Crippen molar-refractivity contribution in [2.45, 2.75) is 13.3 Å². The second-order valence-corrected chi connectivity index (χ2v) is 8.29. The van der Waals surface area contributed by atoms with Crippen LogP contribution in [0, 0.1) is 0 Å². The Morgan fingerprint density at radius 1 is 1.09 bits per heavy atom. The number of carbonyl (C=O) groups is 3. The highest BCUT2D eigenvalue weighted by Crippen LogP contribution is 2.28. The molecular formula is C24H22N4O5S. The third-order valence-electron chi connectivity index (χ3n) is 5.04. The van der Waals surface area contributed by atoms with Crippen LogP contribution in [0.2, 0.25) is 0 Å². The van der Waals surface area contributed by atoms with Crippen LogP contribution in [0.15, 0.2) is 48.5 Å². The van der Waals surface area contributed by atoms with Gasteiger partial charge in [-0.05, 0) is 42.8 Å². The molecule has 174 valence electrons. The standard InChI is InChI=1S/C24H22N4O5S/c1-3-33-18-10-8-15(14-19(18)32-2)9-11-20(29)25-24-27-26-21(34-24)12-13-28-22(30)16-6-4-5-7-17(16)23(28)31/h4-11,14H,3,12-13H2,1-2H3,(H,25,27,29)/b11-9+. The van der Waals surface area contributed by atoms with Crippen molar-refractivity contribution >= 4 is 40.3 Å². The summed E-state index contributed by atoms with van der Waals surface area (Å²) in [6.07, 6.45) is 3.38. The molecule has 0 spiro atoms. The molecule has 10 heteroatoms. The summed E-state index contributed by atoms with van der Waals surface area (Å²) in [5.74, 6) is 0.228. The number of fused-ring (bicyclic) bond motifs is 1. The number of rotatable bonds is 9. The Balaban J connectivity index is 1.32. The molecule has 0 unspecified atom stereocenters. The van der Waals surface area contributed by atoms with E-state index in [0.717, 1.165) is 5.56 Å². The van der Waals surface area contributed by atoms with Gasteiger partial charge in [-0.25, -0.2) is 0 Å². The van der Waals surface area contributed by atoms with Gasteiger partial charge >= 0.3 is 0 Å². The van der Waals surface area contributed by atoms with Gasteiger partial charge in [0.05, 0.1) is 24.8 Å². The zero-order valence-corrected chi connectivity index (χ0v) is 19.4. The van der Waals surface area contributed by atoms with Gasteiger partial charge in [-0.15, -0.1) is 10.2 Å². The van der Waals surface area contributed by atoms with Gasteiger partial charge in [0.25, 0.3) is 11.8 Å². The molecule has 0 bridgehead atoms. The molecule has 4 rings (SSSR count). The Labute approximate surface area is 200 Å². The van der Waals surface area contributed by atoms with Gasteiger partial charge < -0.3 is 9.47 Å². The number of ether oxygens (including phenoxy) is 2. The van der Waals surface area contributed by atoms with Crippen molar-refractivity contribution in [1.29, 1.82) is 0 Å². The molecular weight excluding hydrogens is 456 g/mol. The average molecular weight is 479 g/mol. The monoisotopic (exact) mass is 478 g/mol. The second kappa shape index (κ2) is 10.3. The molecule has 1 aromatic heterocycles. The number of amides is 3. The number of benzene rings is 2. The molecule has 1 aliphatic heterocycles. The van der Waals surface area contributed by atoms with Crippen LogP contribution in [0.5, 0.6) is 11.5 Å². The molecule has 1 N–H and O–H groups in total. The fourth-order valence-corrected chi connectivity index (χ4v) is 4.17. The van der Waals surface area contributed by atoms with Crippen LogP contribution in [0.25, 0.3) is 6.08 Å². The highest BCUT2D eigenvalue weighted by Gasteiger charge is 2.34. The maximum absolute atomic E-state index is 12.5. The van der Waals surface area contributed by atoms with E-state index in [-0.39, 0.29) is 24.3 Å². The van der Waals surface area contributed by atoms with E-state index in [1.807, 2.05) is 13.0 Å². The zero-order valence-electron chi connectivity index (χ0n) is 18.6. The number of imide groups is 1. The number of methoxy groups -OCH3 is 1. The number of nitrogens with zero attached hydrogens (tertiary/aromatic N) is 3. The van der Waals surface area contributed by atoms with E-state index in [1.54, 1.807) is 49.6 Å². The van der Waals surface area contributed by atoms with Crippen molar-refractivity contribution in [3.8, 4) is 11.5 Å². The van der Waals surface area contributed by atoms with Crippen molar-refractivity contribution < 1.29 is 23.9 Å². The summed E-state index contributed by atoms with van der Waals surface area (Å²) in [6.45, 7) is 2.60. The Morgan fingerprint density at radius 3 is 2.50 bits per heavy atom. The molecule has 1 aliphatic rings. The first-order valence-corrected chi connectivity index (χ1v) is 11.4. The van der Waals surface area contributed by atoms with Gasteiger partial charge in [-0.3, -0.25) is 24.6 Å². The van der Waals surface area contributed by atoms with Gasteiger partial charge in [-0.2, -0.15) is 0 Å². The Bertz CT molecular complexity index is 1230. The summed E-state index contributed by atoms with van der Waals surface area (Å²) in [5, 5.41) is 11.6. The molecule has 3 amide bonds. The van der Waals surface area contributed by atoms with Crippen LogP contribution in [0.1, 0.15) is 38.2 Å². The number of hydrogen-bond acceptors (Lipinski definition) is 8. The van der Waals surface area contributed by atoms with Gasteiger partial charge in [0.15, 0.2) is 11.5 Å². The molecule has 2 heterocycles. The average Bonchev–Trinajstić information content (AvgIpc) is 3.39. The molecule has 0 radical (unpaired) electrons. The maximum atomic E-state index is 12.5. The van der Waals surface area contributed by atoms with Crippen LogP contribution in [0.4, 0.5) is 5.13 Å². The van der Waals surface area contributed by atoms with Gasteiger partial charge in [0, 0.05) is 19.0 Å². The van der Waals surface area contributed by atoms with Gasteiger partial charge in [0.2, 0.25) is 11.0 Å². The van der Waals surface area contributed by atoms with E-state index in [1.165, 1.54) is 22.3 Å². The fourth-order valence-electron chi connectivity index (χ4n) is 3.44. The fraction of sp³-hybridized carbons (Fsp3) is 0.208.